The monoisotopic (exact) mass is 554 g/mol. The summed E-state index contributed by atoms with van der Waals surface area (Å²) >= 11 is 0. The number of hydrogen-bond acceptors (Lipinski definition) is 4. The van der Waals surface area contributed by atoms with Crippen LogP contribution in [0.15, 0.2) is 78.9 Å². The first-order valence-corrected chi connectivity index (χ1v) is 16.4. The maximum absolute atomic E-state index is 13.1. The van der Waals surface area contributed by atoms with Crippen molar-refractivity contribution in [1.82, 2.24) is 4.90 Å². The molecule has 1 heterocycles. The Morgan fingerprint density at radius 1 is 0.925 bits per heavy atom. The van der Waals surface area contributed by atoms with Crippen LogP contribution in [0, 0.1) is 5.41 Å². The summed E-state index contributed by atoms with van der Waals surface area (Å²) in [6.45, 7) is 9.93. The first-order chi connectivity index (χ1) is 19.3. The van der Waals surface area contributed by atoms with Crippen LogP contribution in [0.4, 0.5) is 0 Å². The molecular formula is C35H44NO3Si. The molecule has 1 aliphatic heterocycles. The molecule has 1 saturated carbocycles. The average Bonchev–Trinajstić information content (AvgIpc) is 3.36. The third kappa shape index (κ3) is 6.94. The molecule has 5 heteroatoms. The van der Waals surface area contributed by atoms with Crippen molar-refractivity contribution in [3.05, 3.63) is 95.6 Å². The highest BCUT2D eigenvalue weighted by Crippen LogP contribution is 2.34. The average molecular weight is 555 g/mol. The standard InChI is InChI=1S/C35H44NO3Si/c1-5-6-13-26-14-12-19-31(22-26)40(30-17-8-7-9-18-30)39-29-23-32(33(24-29)38-34(37)35(2,3)4)36-21-20-27-15-10-11-16-28(27)25-36/h7-12,14-19,22,29,32-33H,5-6,13,20-21,23-25H2,1-4H3. The summed E-state index contributed by atoms with van der Waals surface area (Å²) in [5.41, 5.74) is 3.67. The lowest BCUT2D eigenvalue weighted by Gasteiger charge is -2.36. The topological polar surface area (TPSA) is 38.8 Å². The van der Waals surface area contributed by atoms with Crippen LogP contribution < -0.4 is 10.4 Å². The van der Waals surface area contributed by atoms with Crippen molar-refractivity contribution in [3.8, 4) is 0 Å². The van der Waals surface area contributed by atoms with Gasteiger partial charge in [0.05, 0.1) is 11.5 Å². The molecule has 0 bridgehead atoms. The molecule has 0 spiro atoms. The van der Waals surface area contributed by atoms with Gasteiger partial charge in [-0.25, -0.2) is 0 Å². The fraction of sp³-hybridized carbons (Fsp3) is 0.457. The van der Waals surface area contributed by atoms with Crippen molar-refractivity contribution >= 4 is 25.4 Å². The Bertz CT molecular complexity index is 1270. The molecule has 2 aliphatic rings. The highest BCUT2D eigenvalue weighted by Gasteiger charge is 2.44. The van der Waals surface area contributed by atoms with E-state index in [4.69, 9.17) is 9.16 Å². The summed E-state index contributed by atoms with van der Waals surface area (Å²) in [6.07, 6.45) is 5.99. The van der Waals surface area contributed by atoms with E-state index < -0.39 is 14.5 Å². The van der Waals surface area contributed by atoms with Crippen LogP contribution in [0.5, 0.6) is 0 Å². The molecule has 0 amide bonds. The number of nitrogens with zero attached hydrogens (tertiary/aromatic N) is 1. The van der Waals surface area contributed by atoms with Crippen molar-refractivity contribution in [1.29, 1.82) is 0 Å². The highest BCUT2D eigenvalue weighted by molar-refractivity contribution is 6.80. The molecule has 1 aliphatic carbocycles. The van der Waals surface area contributed by atoms with Gasteiger partial charge in [0.2, 0.25) is 0 Å². The molecule has 0 saturated heterocycles. The zero-order valence-electron chi connectivity index (χ0n) is 24.6. The quantitative estimate of drug-likeness (QED) is 0.251. The first kappa shape index (κ1) is 28.8. The second-order valence-corrected chi connectivity index (χ2v) is 14.5. The van der Waals surface area contributed by atoms with Gasteiger partial charge in [-0.1, -0.05) is 92.2 Å². The highest BCUT2D eigenvalue weighted by atomic mass is 28.3. The minimum atomic E-state index is -1.47. The molecule has 3 unspecified atom stereocenters. The van der Waals surface area contributed by atoms with Gasteiger partial charge in [0, 0.05) is 25.6 Å². The number of aryl methyl sites for hydroxylation is 1. The van der Waals surface area contributed by atoms with E-state index in [1.54, 1.807) is 0 Å². The van der Waals surface area contributed by atoms with Crippen LogP contribution in [0.3, 0.4) is 0 Å². The number of carbonyl (C=O) groups is 1. The Kier molecular flexibility index (Phi) is 9.24. The molecular weight excluding hydrogens is 510 g/mol. The molecule has 0 aromatic heterocycles. The van der Waals surface area contributed by atoms with Gasteiger partial charge in [-0.15, -0.1) is 0 Å². The van der Waals surface area contributed by atoms with Gasteiger partial charge in [0.25, 0.3) is 9.04 Å². The summed E-state index contributed by atoms with van der Waals surface area (Å²) in [5, 5.41) is 2.56. The molecule has 0 N–H and O–H groups in total. The normalized spacial score (nSPS) is 21.4. The Labute approximate surface area is 242 Å². The van der Waals surface area contributed by atoms with E-state index in [2.05, 4.69) is 90.7 Å². The number of rotatable bonds is 9. The lowest BCUT2D eigenvalue weighted by atomic mass is 9.96. The SMILES string of the molecule is CCCCc1cccc([Si](OC2CC(OC(=O)C(C)(C)C)C(N3CCc4ccccc4C3)C2)c2ccccc2)c1. The smallest absolute Gasteiger partial charge is 0.311 e. The number of ether oxygens (including phenoxy) is 1. The van der Waals surface area contributed by atoms with E-state index in [1.807, 2.05) is 20.8 Å². The summed E-state index contributed by atoms with van der Waals surface area (Å²) < 4.78 is 13.4. The van der Waals surface area contributed by atoms with Crippen molar-refractivity contribution in [2.24, 2.45) is 5.41 Å². The van der Waals surface area contributed by atoms with Crippen molar-refractivity contribution < 1.29 is 14.0 Å². The minimum Gasteiger partial charge on any atom is -0.460 e. The van der Waals surface area contributed by atoms with Gasteiger partial charge >= 0.3 is 5.97 Å². The van der Waals surface area contributed by atoms with E-state index >= 15 is 0 Å². The van der Waals surface area contributed by atoms with Gasteiger partial charge < -0.3 is 9.16 Å². The third-order valence-electron chi connectivity index (χ3n) is 8.26. The fourth-order valence-electron chi connectivity index (χ4n) is 5.96. The van der Waals surface area contributed by atoms with Gasteiger partial charge in [0.1, 0.15) is 6.10 Å². The van der Waals surface area contributed by atoms with Crippen molar-refractivity contribution in [2.75, 3.05) is 6.54 Å². The number of carbonyl (C=O) groups excluding carboxylic acids is 1. The Morgan fingerprint density at radius 3 is 2.40 bits per heavy atom. The summed E-state index contributed by atoms with van der Waals surface area (Å²) in [6, 6.07) is 28.6. The number of esters is 1. The molecule has 211 valence electrons. The number of benzene rings is 3. The Morgan fingerprint density at radius 2 is 1.65 bits per heavy atom. The largest absolute Gasteiger partial charge is 0.460 e. The summed E-state index contributed by atoms with van der Waals surface area (Å²) in [4.78, 5) is 15.6. The van der Waals surface area contributed by atoms with Crippen LogP contribution in [-0.4, -0.2) is 44.7 Å². The first-order valence-electron chi connectivity index (χ1n) is 15.0. The van der Waals surface area contributed by atoms with Gasteiger partial charge in [-0.2, -0.15) is 0 Å². The zero-order valence-corrected chi connectivity index (χ0v) is 25.6. The van der Waals surface area contributed by atoms with Crippen LogP contribution in [0.25, 0.3) is 0 Å². The fourth-order valence-corrected chi connectivity index (χ4v) is 8.15. The van der Waals surface area contributed by atoms with Gasteiger partial charge in [-0.3, -0.25) is 9.69 Å². The Balaban J connectivity index is 1.40. The maximum Gasteiger partial charge on any atom is 0.311 e. The molecule has 40 heavy (non-hydrogen) atoms. The summed E-state index contributed by atoms with van der Waals surface area (Å²) in [5.74, 6) is -0.127. The van der Waals surface area contributed by atoms with Gasteiger partial charge in [0.15, 0.2) is 0 Å². The van der Waals surface area contributed by atoms with E-state index in [-0.39, 0.29) is 24.2 Å². The van der Waals surface area contributed by atoms with Crippen LogP contribution >= 0.6 is 0 Å². The minimum absolute atomic E-state index is 0.0355. The predicted octanol–water partition coefficient (Wildman–Crippen LogP) is 5.70. The molecule has 3 aromatic rings. The Hall–Kier alpha value is -2.73. The predicted molar refractivity (Wildman–Crippen MR) is 164 cm³/mol. The molecule has 3 aromatic carbocycles. The van der Waals surface area contributed by atoms with Crippen molar-refractivity contribution in [3.63, 3.8) is 0 Å². The van der Waals surface area contributed by atoms with E-state index in [0.717, 1.165) is 38.8 Å². The third-order valence-corrected chi connectivity index (χ3v) is 10.5. The number of fused-ring (bicyclic) bond motifs is 1. The molecule has 1 fully saturated rings. The second-order valence-electron chi connectivity index (χ2n) is 12.5. The molecule has 1 radical (unpaired) electrons. The lowest BCUT2D eigenvalue weighted by Crippen LogP contribution is -2.47. The van der Waals surface area contributed by atoms with Crippen LogP contribution in [0.2, 0.25) is 0 Å². The van der Waals surface area contributed by atoms with Crippen molar-refractivity contribution in [2.45, 2.75) is 91.0 Å². The molecule has 3 atom stereocenters. The zero-order chi connectivity index (χ0) is 28.1. The van der Waals surface area contributed by atoms with Crippen LogP contribution in [-0.2, 0) is 33.3 Å². The van der Waals surface area contributed by atoms with E-state index in [1.165, 1.54) is 39.9 Å². The van der Waals surface area contributed by atoms with E-state index in [0.29, 0.717) is 0 Å². The second kappa shape index (κ2) is 12.8. The van der Waals surface area contributed by atoms with E-state index in [9.17, 15) is 4.79 Å². The van der Waals surface area contributed by atoms with Gasteiger partial charge in [-0.05, 0) is 73.5 Å². The maximum atomic E-state index is 13.1. The molecule has 5 rings (SSSR count). The number of unbranched alkanes of at least 4 members (excludes halogenated alkanes) is 1. The number of hydrogen-bond donors (Lipinski definition) is 0. The van der Waals surface area contributed by atoms with Crippen LogP contribution in [0.1, 0.15) is 70.1 Å². The summed E-state index contributed by atoms with van der Waals surface area (Å²) in [7, 11) is -1.47. The lowest BCUT2D eigenvalue weighted by molar-refractivity contribution is -0.161. The molecule has 4 nitrogen and oxygen atoms in total.